The van der Waals surface area contributed by atoms with E-state index >= 15 is 0 Å². The van der Waals surface area contributed by atoms with Gasteiger partial charge in [0.15, 0.2) is 6.04 Å². The molecule has 0 spiro atoms. The lowest BCUT2D eigenvalue weighted by atomic mass is 9.92. The molecular formula is C19H19NO5. The molecule has 3 rings (SSSR count). The first-order chi connectivity index (χ1) is 12.1. The van der Waals surface area contributed by atoms with Crippen molar-refractivity contribution < 1.29 is 24.2 Å². The quantitative estimate of drug-likeness (QED) is 0.925. The van der Waals surface area contributed by atoms with Gasteiger partial charge in [-0.3, -0.25) is 4.90 Å². The van der Waals surface area contributed by atoms with Crippen molar-refractivity contribution in [3.8, 4) is 5.75 Å². The van der Waals surface area contributed by atoms with Gasteiger partial charge in [0.2, 0.25) is 0 Å². The predicted octanol–water partition coefficient (Wildman–Crippen LogP) is 3.02. The summed E-state index contributed by atoms with van der Waals surface area (Å²) < 4.78 is 10.5. The third-order valence-electron chi connectivity index (χ3n) is 4.25. The van der Waals surface area contributed by atoms with Crippen LogP contribution in [0.25, 0.3) is 0 Å². The largest absolute Gasteiger partial charge is 0.497 e. The number of methoxy groups -OCH3 is 1. The van der Waals surface area contributed by atoms with E-state index in [1.165, 1.54) is 4.90 Å². The highest BCUT2D eigenvalue weighted by Crippen LogP contribution is 2.33. The second kappa shape index (κ2) is 7.25. The van der Waals surface area contributed by atoms with Gasteiger partial charge in [-0.25, -0.2) is 9.59 Å². The van der Waals surface area contributed by atoms with E-state index in [4.69, 9.17) is 9.47 Å². The van der Waals surface area contributed by atoms with Gasteiger partial charge in [0, 0.05) is 6.54 Å². The summed E-state index contributed by atoms with van der Waals surface area (Å²) in [6, 6.07) is 13.4. The van der Waals surface area contributed by atoms with Gasteiger partial charge in [-0.05, 0) is 35.2 Å². The minimum Gasteiger partial charge on any atom is -0.497 e. The molecule has 25 heavy (non-hydrogen) atoms. The number of carboxylic acid groups (broad SMARTS) is 1. The van der Waals surface area contributed by atoms with Crippen LogP contribution in [-0.2, 0) is 22.6 Å². The Kier molecular flexibility index (Phi) is 4.88. The van der Waals surface area contributed by atoms with Crippen molar-refractivity contribution in [2.45, 2.75) is 19.1 Å². The van der Waals surface area contributed by atoms with E-state index in [1.807, 2.05) is 36.4 Å². The first-order valence-corrected chi connectivity index (χ1v) is 7.97. The number of benzene rings is 2. The first-order valence-electron chi connectivity index (χ1n) is 7.97. The zero-order chi connectivity index (χ0) is 17.8. The lowest BCUT2D eigenvalue weighted by Crippen LogP contribution is -2.43. The second-order valence-corrected chi connectivity index (χ2v) is 5.79. The molecular weight excluding hydrogens is 322 g/mol. The maximum Gasteiger partial charge on any atom is 0.411 e. The summed E-state index contributed by atoms with van der Waals surface area (Å²) in [6.45, 7) is 0.392. The Hall–Kier alpha value is -3.02. The average molecular weight is 341 g/mol. The van der Waals surface area contributed by atoms with E-state index in [0.717, 1.165) is 11.1 Å². The summed E-state index contributed by atoms with van der Waals surface area (Å²) in [6.07, 6.45) is -0.0748. The minimum absolute atomic E-state index is 0.109. The average Bonchev–Trinajstić information content (AvgIpc) is 2.65. The first kappa shape index (κ1) is 16.8. The summed E-state index contributed by atoms with van der Waals surface area (Å²) in [5.74, 6) is -0.411. The molecule has 0 aliphatic carbocycles. The molecule has 6 heteroatoms. The third kappa shape index (κ3) is 3.57. The Balaban J connectivity index is 1.78. The van der Waals surface area contributed by atoms with E-state index in [9.17, 15) is 14.7 Å². The molecule has 130 valence electrons. The van der Waals surface area contributed by atoms with Crippen molar-refractivity contribution in [3.63, 3.8) is 0 Å². The highest BCUT2D eigenvalue weighted by atomic mass is 16.6. The van der Waals surface area contributed by atoms with Crippen molar-refractivity contribution in [1.29, 1.82) is 0 Å². The fourth-order valence-electron chi connectivity index (χ4n) is 3.00. The summed E-state index contributed by atoms with van der Waals surface area (Å²) in [5.41, 5.74) is 2.32. The summed E-state index contributed by atoms with van der Waals surface area (Å²) in [7, 11) is 1.56. The van der Waals surface area contributed by atoms with Gasteiger partial charge in [0.1, 0.15) is 12.4 Å². The van der Waals surface area contributed by atoms with Crippen molar-refractivity contribution in [1.82, 2.24) is 4.90 Å². The number of carbonyl (C=O) groups is 2. The van der Waals surface area contributed by atoms with Crippen LogP contribution in [0, 0.1) is 0 Å². The normalized spacial score (nSPS) is 16.0. The monoisotopic (exact) mass is 341 g/mol. The number of hydrogen-bond donors (Lipinski definition) is 1. The number of fused-ring (bicyclic) bond motifs is 1. The Morgan fingerprint density at radius 3 is 2.64 bits per heavy atom. The molecule has 2 aromatic carbocycles. The fraction of sp³-hybridized carbons (Fsp3) is 0.263. The molecule has 1 aliphatic heterocycles. The topological polar surface area (TPSA) is 76.1 Å². The summed E-state index contributed by atoms with van der Waals surface area (Å²) >= 11 is 0. The van der Waals surface area contributed by atoms with Crippen LogP contribution in [0.1, 0.15) is 22.7 Å². The number of aliphatic carboxylic acids is 1. The molecule has 6 nitrogen and oxygen atoms in total. The molecule has 0 fully saturated rings. The second-order valence-electron chi connectivity index (χ2n) is 5.79. The van der Waals surface area contributed by atoms with E-state index < -0.39 is 18.1 Å². The SMILES string of the molecule is COc1ccc2c(c1)CCN(C(=O)OCc1ccccc1)C2C(=O)O. The molecule has 2 aromatic rings. The number of carboxylic acids is 1. The Labute approximate surface area is 145 Å². The van der Waals surface area contributed by atoms with E-state index in [2.05, 4.69) is 0 Å². The van der Waals surface area contributed by atoms with Crippen molar-refractivity contribution in [2.75, 3.05) is 13.7 Å². The van der Waals surface area contributed by atoms with Crippen LogP contribution in [0.2, 0.25) is 0 Å². The Morgan fingerprint density at radius 1 is 1.20 bits per heavy atom. The highest BCUT2D eigenvalue weighted by molar-refractivity contribution is 5.82. The van der Waals surface area contributed by atoms with Crippen LogP contribution in [0.15, 0.2) is 48.5 Å². The van der Waals surface area contributed by atoms with Gasteiger partial charge in [-0.2, -0.15) is 0 Å². The molecule has 0 saturated heterocycles. The molecule has 0 radical (unpaired) electrons. The van der Waals surface area contributed by atoms with Crippen LogP contribution < -0.4 is 4.74 Å². The molecule has 0 saturated carbocycles. The predicted molar refractivity (Wildman–Crippen MR) is 90.4 cm³/mol. The zero-order valence-corrected chi connectivity index (χ0v) is 13.8. The van der Waals surface area contributed by atoms with Gasteiger partial charge >= 0.3 is 12.1 Å². The molecule has 1 amide bonds. The molecule has 1 atom stereocenters. The molecule has 0 bridgehead atoms. The van der Waals surface area contributed by atoms with Gasteiger partial charge in [-0.1, -0.05) is 36.4 Å². The van der Waals surface area contributed by atoms with Crippen LogP contribution in [0.3, 0.4) is 0 Å². The van der Waals surface area contributed by atoms with Crippen LogP contribution in [0.5, 0.6) is 5.75 Å². The number of hydrogen-bond acceptors (Lipinski definition) is 4. The smallest absolute Gasteiger partial charge is 0.411 e. The minimum atomic E-state index is -1.08. The standard InChI is InChI=1S/C19H19NO5/c1-24-15-7-8-16-14(11-15)9-10-20(17(16)18(21)22)19(23)25-12-13-5-3-2-4-6-13/h2-8,11,17H,9-10,12H2,1H3,(H,21,22). The zero-order valence-electron chi connectivity index (χ0n) is 13.8. The molecule has 1 N–H and O–H groups in total. The van der Waals surface area contributed by atoms with E-state index in [1.54, 1.807) is 19.2 Å². The maximum absolute atomic E-state index is 12.4. The number of ether oxygens (including phenoxy) is 2. The maximum atomic E-state index is 12.4. The number of carbonyl (C=O) groups excluding carboxylic acids is 1. The van der Waals surface area contributed by atoms with Gasteiger partial charge in [0.05, 0.1) is 7.11 Å². The van der Waals surface area contributed by atoms with Gasteiger partial charge in [-0.15, -0.1) is 0 Å². The molecule has 0 aromatic heterocycles. The number of rotatable bonds is 4. The fourth-order valence-corrected chi connectivity index (χ4v) is 3.00. The van der Waals surface area contributed by atoms with Crippen molar-refractivity contribution in [2.24, 2.45) is 0 Å². The molecule has 1 aliphatic rings. The van der Waals surface area contributed by atoms with E-state index in [0.29, 0.717) is 17.7 Å². The van der Waals surface area contributed by atoms with Crippen molar-refractivity contribution in [3.05, 3.63) is 65.2 Å². The molecule has 1 heterocycles. The van der Waals surface area contributed by atoms with E-state index in [-0.39, 0.29) is 13.2 Å². The van der Waals surface area contributed by atoms with Gasteiger partial charge in [0.25, 0.3) is 0 Å². The third-order valence-corrected chi connectivity index (χ3v) is 4.25. The summed E-state index contributed by atoms with van der Waals surface area (Å²) in [4.78, 5) is 25.5. The van der Waals surface area contributed by atoms with Crippen LogP contribution in [0.4, 0.5) is 4.79 Å². The van der Waals surface area contributed by atoms with Crippen molar-refractivity contribution >= 4 is 12.1 Å². The lowest BCUT2D eigenvalue weighted by Gasteiger charge is -2.34. The Bertz CT molecular complexity index is 775. The summed E-state index contributed by atoms with van der Waals surface area (Å²) in [5, 5.41) is 9.64. The highest BCUT2D eigenvalue weighted by Gasteiger charge is 2.37. The van der Waals surface area contributed by atoms with Gasteiger partial charge < -0.3 is 14.6 Å². The van der Waals surface area contributed by atoms with Crippen LogP contribution in [-0.4, -0.2) is 35.7 Å². The Morgan fingerprint density at radius 2 is 1.96 bits per heavy atom. The number of nitrogens with zero attached hydrogens (tertiary/aromatic N) is 1. The number of amides is 1. The molecule has 1 unspecified atom stereocenters. The van der Waals surface area contributed by atoms with Crippen LogP contribution >= 0.6 is 0 Å². The lowest BCUT2D eigenvalue weighted by molar-refractivity contribution is -0.143.